The van der Waals surface area contributed by atoms with Crippen molar-refractivity contribution in [3.8, 4) is 0 Å². The number of piperazine rings is 1. The van der Waals surface area contributed by atoms with Gasteiger partial charge in [-0.15, -0.1) is 0 Å². The Labute approximate surface area is 102 Å². The first kappa shape index (κ1) is 14.4. The van der Waals surface area contributed by atoms with E-state index >= 15 is 0 Å². The van der Waals surface area contributed by atoms with Crippen LogP contribution in [0.3, 0.4) is 0 Å². The summed E-state index contributed by atoms with van der Waals surface area (Å²) in [7, 11) is 0. The topological polar surface area (TPSA) is 76.0 Å². The Hall–Kier alpha value is -0.690. The van der Waals surface area contributed by atoms with Crippen LogP contribution in [0.15, 0.2) is 0 Å². The molecule has 6 nitrogen and oxygen atoms in total. The second kappa shape index (κ2) is 7.60. The molecule has 1 heterocycles. The van der Waals surface area contributed by atoms with Crippen LogP contribution in [0.4, 0.5) is 0 Å². The van der Waals surface area contributed by atoms with Gasteiger partial charge in [-0.1, -0.05) is 0 Å². The van der Waals surface area contributed by atoms with Crippen molar-refractivity contribution in [1.82, 2.24) is 15.1 Å². The highest BCUT2D eigenvalue weighted by atomic mass is 16.3. The van der Waals surface area contributed by atoms with Gasteiger partial charge < -0.3 is 20.4 Å². The molecule has 100 valence electrons. The van der Waals surface area contributed by atoms with Crippen LogP contribution >= 0.6 is 0 Å². The molecular weight excluding hydrogens is 222 g/mol. The number of nitrogens with one attached hydrogen (secondary N) is 1. The Morgan fingerprint density at radius 3 is 2.29 bits per heavy atom. The van der Waals surface area contributed by atoms with Gasteiger partial charge in [0.05, 0.1) is 19.3 Å². The van der Waals surface area contributed by atoms with Crippen molar-refractivity contribution in [1.29, 1.82) is 0 Å². The molecule has 0 radical (unpaired) electrons. The molecule has 1 unspecified atom stereocenters. The van der Waals surface area contributed by atoms with Crippen LogP contribution in [0, 0.1) is 0 Å². The molecule has 0 aromatic heterocycles. The lowest BCUT2D eigenvalue weighted by atomic mass is 10.2. The van der Waals surface area contributed by atoms with Crippen LogP contribution in [0.2, 0.25) is 0 Å². The highest BCUT2D eigenvalue weighted by Gasteiger charge is 2.26. The maximum atomic E-state index is 12.2. The Morgan fingerprint density at radius 1 is 1.29 bits per heavy atom. The minimum Gasteiger partial charge on any atom is -0.395 e. The molecule has 1 fully saturated rings. The Balaban J connectivity index is 2.51. The second-order valence-corrected chi connectivity index (χ2v) is 4.23. The first-order valence-corrected chi connectivity index (χ1v) is 6.16. The van der Waals surface area contributed by atoms with Crippen molar-refractivity contribution in [2.45, 2.75) is 13.0 Å². The molecule has 1 saturated heterocycles. The first-order chi connectivity index (χ1) is 8.20. The van der Waals surface area contributed by atoms with E-state index in [1.54, 1.807) is 0 Å². The summed E-state index contributed by atoms with van der Waals surface area (Å²) >= 11 is 0. The van der Waals surface area contributed by atoms with Gasteiger partial charge in [-0.05, 0) is 6.92 Å². The summed E-state index contributed by atoms with van der Waals surface area (Å²) in [5, 5.41) is 21.1. The lowest BCUT2D eigenvalue weighted by Gasteiger charge is -2.34. The number of aliphatic hydroxyl groups excluding tert-OH is 2. The SMILES string of the molecule is CC(C(=O)N(CCO)CCO)N1CCNCC1. The van der Waals surface area contributed by atoms with E-state index in [0.29, 0.717) is 0 Å². The van der Waals surface area contributed by atoms with Gasteiger partial charge in [-0.25, -0.2) is 0 Å². The van der Waals surface area contributed by atoms with Gasteiger partial charge in [0.2, 0.25) is 5.91 Å². The zero-order valence-corrected chi connectivity index (χ0v) is 10.4. The lowest BCUT2D eigenvalue weighted by Crippen LogP contribution is -2.54. The summed E-state index contributed by atoms with van der Waals surface area (Å²) < 4.78 is 0. The number of aliphatic hydroxyl groups is 2. The summed E-state index contributed by atoms with van der Waals surface area (Å²) in [5.74, 6) is -0.0185. The van der Waals surface area contributed by atoms with Crippen LogP contribution in [0.25, 0.3) is 0 Å². The predicted molar refractivity (Wildman–Crippen MR) is 64.7 cm³/mol. The van der Waals surface area contributed by atoms with Crippen molar-refractivity contribution >= 4 is 5.91 Å². The first-order valence-electron chi connectivity index (χ1n) is 6.16. The summed E-state index contributed by atoms with van der Waals surface area (Å²) in [6.07, 6.45) is 0. The molecule has 6 heteroatoms. The molecular formula is C11H23N3O3. The fraction of sp³-hybridized carbons (Fsp3) is 0.909. The standard InChI is InChI=1S/C11H23N3O3/c1-10(13-4-2-12-3-5-13)11(17)14(6-8-15)7-9-16/h10,12,15-16H,2-9H2,1H3. The molecule has 0 bridgehead atoms. The molecule has 0 aromatic rings. The Bertz CT molecular complexity index is 226. The van der Waals surface area contributed by atoms with Crippen molar-refractivity contribution in [2.75, 3.05) is 52.5 Å². The minimum absolute atomic E-state index is 0.0185. The van der Waals surface area contributed by atoms with E-state index in [2.05, 4.69) is 10.2 Å². The van der Waals surface area contributed by atoms with Gasteiger partial charge in [0.15, 0.2) is 0 Å². The number of amides is 1. The molecule has 17 heavy (non-hydrogen) atoms. The molecule has 1 amide bonds. The van der Waals surface area contributed by atoms with E-state index in [9.17, 15) is 4.79 Å². The van der Waals surface area contributed by atoms with Crippen LogP contribution in [-0.4, -0.2) is 84.4 Å². The number of hydrogen-bond acceptors (Lipinski definition) is 5. The zero-order chi connectivity index (χ0) is 12.7. The monoisotopic (exact) mass is 245 g/mol. The summed E-state index contributed by atoms with van der Waals surface area (Å²) in [4.78, 5) is 15.8. The van der Waals surface area contributed by atoms with Gasteiger partial charge in [0, 0.05) is 39.3 Å². The molecule has 0 spiro atoms. The number of rotatable bonds is 6. The fourth-order valence-electron chi connectivity index (χ4n) is 2.06. The normalized spacial score (nSPS) is 19.0. The van der Waals surface area contributed by atoms with E-state index in [4.69, 9.17) is 10.2 Å². The maximum Gasteiger partial charge on any atom is 0.239 e. The molecule has 1 aliphatic heterocycles. The van der Waals surface area contributed by atoms with Gasteiger partial charge >= 0.3 is 0 Å². The van der Waals surface area contributed by atoms with E-state index in [1.807, 2.05) is 6.92 Å². The number of carbonyl (C=O) groups is 1. The average Bonchev–Trinajstić information content (AvgIpc) is 2.38. The van der Waals surface area contributed by atoms with Crippen molar-refractivity contribution < 1.29 is 15.0 Å². The number of hydrogen-bond donors (Lipinski definition) is 3. The van der Waals surface area contributed by atoms with Gasteiger partial charge in [-0.2, -0.15) is 0 Å². The molecule has 3 N–H and O–H groups in total. The van der Waals surface area contributed by atoms with Gasteiger partial charge in [0.1, 0.15) is 0 Å². The van der Waals surface area contributed by atoms with Crippen LogP contribution < -0.4 is 5.32 Å². The predicted octanol–water partition coefficient (Wildman–Crippen LogP) is -1.91. The van der Waals surface area contributed by atoms with E-state index in [-0.39, 0.29) is 38.3 Å². The second-order valence-electron chi connectivity index (χ2n) is 4.23. The van der Waals surface area contributed by atoms with Crippen LogP contribution in [0.5, 0.6) is 0 Å². The largest absolute Gasteiger partial charge is 0.395 e. The third-order valence-electron chi connectivity index (χ3n) is 3.11. The quantitative estimate of drug-likeness (QED) is 0.509. The summed E-state index contributed by atoms with van der Waals surface area (Å²) in [6, 6.07) is -0.185. The molecule has 0 aliphatic carbocycles. The maximum absolute atomic E-state index is 12.2. The Kier molecular flexibility index (Phi) is 6.43. The van der Waals surface area contributed by atoms with E-state index in [1.165, 1.54) is 4.90 Å². The number of nitrogens with zero attached hydrogens (tertiary/aromatic N) is 2. The summed E-state index contributed by atoms with van der Waals surface area (Å²) in [6.45, 7) is 5.84. The molecule has 1 rings (SSSR count). The highest BCUT2D eigenvalue weighted by Crippen LogP contribution is 2.05. The van der Waals surface area contributed by atoms with Crippen molar-refractivity contribution in [2.24, 2.45) is 0 Å². The van der Waals surface area contributed by atoms with Crippen LogP contribution in [-0.2, 0) is 4.79 Å². The molecule has 1 atom stereocenters. The molecule has 1 aliphatic rings. The van der Waals surface area contributed by atoms with Crippen molar-refractivity contribution in [3.63, 3.8) is 0 Å². The van der Waals surface area contributed by atoms with Crippen LogP contribution in [0.1, 0.15) is 6.92 Å². The van der Waals surface area contributed by atoms with Gasteiger partial charge in [-0.3, -0.25) is 9.69 Å². The number of carbonyl (C=O) groups excluding carboxylic acids is 1. The molecule has 0 aromatic carbocycles. The fourth-order valence-corrected chi connectivity index (χ4v) is 2.06. The third kappa shape index (κ3) is 4.23. The zero-order valence-electron chi connectivity index (χ0n) is 10.4. The average molecular weight is 245 g/mol. The molecule has 0 saturated carbocycles. The highest BCUT2D eigenvalue weighted by molar-refractivity contribution is 5.81. The van der Waals surface area contributed by atoms with E-state index in [0.717, 1.165) is 26.2 Å². The smallest absolute Gasteiger partial charge is 0.239 e. The third-order valence-corrected chi connectivity index (χ3v) is 3.11. The summed E-state index contributed by atoms with van der Waals surface area (Å²) in [5.41, 5.74) is 0. The Morgan fingerprint density at radius 2 is 1.82 bits per heavy atom. The van der Waals surface area contributed by atoms with Crippen molar-refractivity contribution in [3.05, 3.63) is 0 Å². The minimum atomic E-state index is -0.185. The lowest BCUT2D eigenvalue weighted by molar-refractivity contribution is -0.137. The van der Waals surface area contributed by atoms with E-state index < -0.39 is 0 Å². The van der Waals surface area contributed by atoms with Gasteiger partial charge in [0.25, 0.3) is 0 Å².